The maximum atomic E-state index is 12.8. The second-order valence-corrected chi connectivity index (χ2v) is 7.04. The minimum Gasteiger partial charge on any atom is -0.489 e. The monoisotopic (exact) mass is 357 g/mol. The molecule has 0 saturated heterocycles. The van der Waals surface area contributed by atoms with Crippen molar-refractivity contribution in [1.82, 2.24) is 20.3 Å². The molecule has 4 rings (SSSR count). The topological polar surface area (TPSA) is 92.5 Å². The van der Waals surface area contributed by atoms with Crippen LogP contribution in [0.5, 0.6) is 5.75 Å². The van der Waals surface area contributed by atoms with E-state index in [1.54, 1.807) is 11.9 Å². The van der Waals surface area contributed by atoms with Gasteiger partial charge in [-0.05, 0) is 30.9 Å². The Labute approximate surface area is 151 Å². The summed E-state index contributed by atoms with van der Waals surface area (Å²) in [4.78, 5) is 14.3. The first-order valence-corrected chi connectivity index (χ1v) is 8.90. The number of aliphatic hydroxyl groups excluding tert-OH is 1. The van der Waals surface area contributed by atoms with Crippen LogP contribution in [0.2, 0.25) is 0 Å². The maximum Gasteiger partial charge on any atom is 0.247 e. The van der Waals surface area contributed by atoms with Gasteiger partial charge in [-0.25, -0.2) is 4.68 Å². The van der Waals surface area contributed by atoms with E-state index in [1.165, 1.54) is 0 Å². The van der Waals surface area contributed by atoms with Gasteiger partial charge in [0.1, 0.15) is 24.1 Å². The van der Waals surface area contributed by atoms with Crippen molar-refractivity contribution in [1.29, 1.82) is 0 Å². The lowest BCUT2D eigenvalue weighted by Gasteiger charge is -2.24. The summed E-state index contributed by atoms with van der Waals surface area (Å²) in [5.41, 5.74) is 2.14. The SMILES string of the molecule is CC1CCn2nnc(C(O)N[C@H]3COc4ccccc4N(C)C3=O)c2C1. The van der Waals surface area contributed by atoms with Crippen LogP contribution in [-0.4, -0.2) is 45.7 Å². The van der Waals surface area contributed by atoms with E-state index in [0.29, 0.717) is 23.0 Å². The highest BCUT2D eigenvalue weighted by Crippen LogP contribution is 2.30. The Morgan fingerprint density at radius 1 is 1.38 bits per heavy atom. The number of nitrogens with zero attached hydrogens (tertiary/aromatic N) is 4. The number of ether oxygens (including phenoxy) is 1. The van der Waals surface area contributed by atoms with Gasteiger partial charge in [0.2, 0.25) is 5.91 Å². The van der Waals surface area contributed by atoms with Crippen molar-refractivity contribution in [3.05, 3.63) is 35.7 Å². The number of carbonyl (C=O) groups excluding carboxylic acids is 1. The van der Waals surface area contributed by atoms with Crippen molar-refractivity contribution in [2.45, 2.75) is 38.6 Å². The van der Waals surface area contributed by atoms with Crippen LogP contribution in [-0.2, 0) is 17.8 Å². The van der Waals surface area contributed by atoms with Crippen LogP contribution in [0, 0.1) is 5.92 Å². The summed E-state index contributed by atoms with van der Waals surface area (Å²) in [6, 6.07) is 6.71. The largest absolute Gasteiger partial charge is 0.489 e. The van der Waals surface area contributed by atoms with E-state index in [2.05, 4.69) is 22.6 Å². The summed E-state index contributed by atoms with van der Waals surface area (Å²) in [5.74, 6) is 1.01. The lowest BCUT2D eigenvalue weighted by molar-refractivity contribution is -0.121. The maximum absolute atomic E-state index is 12.8. The van der Waals surface area contributed by atoms with Crippen molar-refractivity contribution < 1.29 is 14.6 Å². The number of carbonyl (C=O) groups is 1. The molecule has 26 heavy (non-hydrogen) atoms. The molecule has 138 valence electrons. The van der Waals surface area contributed by atoms with Crippen molar-refractivity contribution in [2.75, 3.05) is 18.6 Å². The molecule has 2 N–H and O–H groups in total. The number of para-hydroxylation sites is 2. The number of hydrogen-bond donors (Lipinski definition) is 2. The number of benzene rings is 1. The lowest BCUT2D eigenvalue weighted by Crippen LogP contribution is -2.48. The third-order valence-corrected chi connectivity index (χ3v) is 5.12. The van der Waals surface area contributed by atoms with Gasteiger partial charge in [0.15, 0.2) is 6.23 Å². The normalized spacial score (nSPS) is 23.7. The zero-order chi connectivity index (χ0) is 18.3. The van der Waals surface area contributed by atoms with Gasteiger partial charge in [-0.15, -0.1) is 5.10 Å². The Hall–Kier alpha value is -2.45. The Morgan fingerprint density at radius 3 is 3.04 bits per heavy atom. The van der Waals surface area contributed by atoms with Crippen molar-refractivity contribution in [3.63, 3.8) is 0 Å². The summed E-state index contributed by atoms with van der Waals surface area (Å²) in [5, 5.41) is 21.9. The number of hydrogen-bond acceptors (Lipinski definition) is 6. The van der Waals surface area contributed by atoms with Gasteiger partial charge in [0.25, 0.3) is 0 Å². The van der Waals surface area contributed by atoms with E-state index in [-0.39, 0.29) is 12.5 Å². The standard InChI is InChI=1S/C18H23N5O3/c1-11-7-8-23-14(9-11)16(20-21-23)17(24)19-12-10-26-15-6-4-3-5-13(15)22(2)18(12)25/h3-6,11-12,17,19,24H,7-10H2,1-2H3/t11?,12-,17?/m0/s1. The fourth-order valence-electron chi connectivity index (χ4n) is 3.57. The summed E-state index contributed by atoms with van der Waals surface area (Å²) >= 11 is 0. The van der Waals surface area contributed by atoms with Gasteiger partial charge < -0.3 is 14.7 Å². The van der Waals surface area contributed by atoms with Gasteiger partial charge in [-0.3, -0.25) is 10.1 Å². The Bertz CT molecular complexity index is 821. The van der Waals surface area contributed by atoms with E-state index in [4.69, 9.17) is 4.74 Å². The molecule has 1 amide bonds. The summed E-state index contributed by atoms with van der Waals surface area (Å²) in [7, 11) is 1.71. The molecular weight excluding hydrogens is 334 g/mol. The first-order valence-electron chi connectivity index (χ1n) is 8.90. The lowest BCUT2D eigenvalue weighted by atomic mass is 9.97. The Balaban J connectivity index is 1.53. The molecule has 2 aliphatic rings. The van der Waals surface area contributed by atoms with Crippen LogP contribution < -0.4 is 15.0 Å². The van der Waals surface area contributed by atoms with Crippen LogP contribution in [0.1, 0.15) is 31.0 Å². The number of aryl methyl sites for hydroxylation is 1. The molecular formula is C18H23N5O3. The highest BCUT2D eigenvalue weighted by molar-refractivity contribution is 5.98. The molecule has 3 heterocycles. The molecule has 1 aromatic carbocycles. The van der Waals surface area contributed by atoms with Crippen LogP contribution in [0.15, 0.2) is 24.3 Å². The zero-order valence-corrected chi connectivity index (χ0v) is 14.9. The van der Waals surface area contributed by atoms with Crippen LogP contribution in [0.25, 0.3) is 0 Å². The molecule has 2 aliphatic heterocycles. The number of likely N-dealkylation sites (N-methyl/N-ethyl adjacent to an activating group) is 1. The van der Waals surface area contributed by atoms with Gasteiger partial charge >= 0.3 is 0 Å². The first kappa shape index (κ1) is 17.0. The highest BCUT2D eigenvalue weighted by Gasteiger charge is 2.33. The first-order chi connectivity index (χ1) is 12.5. The summed E-state index contributed by atoms with van der Waals surface area (Å²) in [6.45, 7) is 3.12. The van der Waals surface area contributed by atoms with E-state index in [9.17, 15) is 9.90 Å². The fourth-order valence-corrected chi connectivity index (χ4v) is 3.57. The number of nitrogens with one attached hydrogen (secondary N) is 1. The molecule has 8 heteroatoms. The fraction of sp³-hybridized carbons (Fsp3) is 0.500. The second-order valence-electron chi connectivity index (χ2n) is 7.04. The molecule has 0 aliphatic carbocycles. The molecule has 0 radical (unpaired) electrons. The highest BCUT2D eigenvalue weighted by atomic mass is 16.5. The van der Waals surface area contributed by atoms with Gasteiger partial charge in [-0.2, -0.15) is 0 Å². The molecule has 8 nitrogen and oxygen atoms in total. The number of fused-ring (bicyclic) bond motifs is 2. The van der Waals surface area contributed by atoms with E-state index in [1.807, 2.05) is 28.9 Å². The molecule has 0 saturated carbocycles. The van der Waals surface area contributed by atoms with E-state index < -0.39 is 12.3 Å². The zero-order valence-electron chi connectivity index (χ0n) is 14.9. The summed E-state index contributed by atoms with van der Waals surface area (Å²) < 4.78 is 7.61. The molecule has 1 aromatic heterocycles. The second kappa shape index (κ2) is 6.69. The number of amides is 1. The quantitative estimate of drug-likeness (QED) is 0.792. The van der Waals surface area contributed by atoms with Crippen molar-refractivity contribution in [3.8, 4) is 5.75 Å². The predicted molar refractivity (Wildman–Crippen MR) is 94.7 cm³/mol. The third-order valence-electron chi connectivity index (χ3n) is 5.12. The van der Waals surface area contributed by atoms with Crippen LogP contribution in [0.3, 0.4) is 0 Å². The number of anilines is 1. The minimum atomic E-state index is -1.07. The van der Waals surface area contributed by atoms with Crippen LogP contribution in [0.4, 0.5) is 5.69 Å². The number of aromatic nitrogens is 3. The summed E-state index contributed by atoms with van der Waals surface area (Å²) in [6.07, 6.45) is 0.801. The molecule has 0 spiro atoms. The van der Waals surface area contributed by atoms with E-state index in [0.717, 1.165) is 25.1 Å². The molecule has 2 aromatic rings. The molecule has 0 bridgehead atoms. The predicted octanol–water partition coefficient (Wildman–Crippen LogP) is 0.865. The molecule has 0 fully saturated rings. The smallest absolute Gasteiger partial charge is 0.247 e. The van der Waals surface area contributed by atoms with Crippen molar-refractivity contribution in [2.24, 2.45) is 5.92 Å². The van der Waals surface area contributed by atoms with Gasteiger partial charge in [-0.1, -0.05) is 24.3 Å². The minimum absolute atomic E-state index is 0.136. The number of rotatable bonds is 3. The van der Waals surface area contributed by atoms with E-state index >= 15 is 0 Å². The number of aliphatic hydroxyl groups is 1. The van der Waals surface area contributed by atoms with Gasteiger partial charge in [0, 0.05) is 13.6 Å². The molecule has 3 atom stereocenters. The van der Waals surface area contributed by atoms with Crippen LogP contribution >= 0.6 is 0 Å². The Kier molecular flexibility index (Phi) is 4.37. The van der Waals surface area contributed by atoms with Gasteiger partial charge in [0.05, 0.1) is 11.4 Å². The van der Waals surface area contributed by atoms with Crippen molar-refractivity contribution >= 4 is 11.6 Å². The average molecular weight is 357 g/mol. The third kappa shape index (κ3) is 2.95. The molecule has 2 unspecified atom stereocenters. The average Bonchev–Trinajstić information content (AvgIpc) is 3.02. The Morgan fingerprint density at radius 2 is 2.19 bits per heavy atom.